The van der Waals surface area contributed by atoms with Crippen molar-refractivity contribution in [2.45, 2.75) is 13.3 Å². The Morgan fingerprint density at radius 3 is 2.76 bits per heavy atom. The minimum absolute atomic E-state index is 0.529. The molecule has 0 aliphatic heterocycles. The van der Waals surface area contributed by atoms with Crippen molar-refractivity contribution in [2.75, 3.05) is 0 Å². The van der Waals surface area contributed by atoms with Crippen molar-refractivity contribution in [1.82, 2.24) is 15.0 Å². The highest BCUT2D eigenvalue weighted by molar-refractivity contribution is 6.43. The smallest absolute Gasteiger partial charge is 0.111 e. The Labute approximate surface area is 133 Å². The van der Waals surface area contributed by atoms with Crippen LogP contribution < -0.4 is 0 Å². The quantitative estimate of drug-likeness (QED) is 0.762. The summed E-state index contributed by atoms with van der Waals surface area (Å²) in [5.41, 5.74) is 3.75. The number of aryl methyl sites for hydroxylation is 1. The predicted octanol–water partition coefficient (Wildman–Crippen LogP) is 4.68. The molecule has 0 bridgehead atoms. The summed E-state index contributed by atoms with van der Waals surface area (Å²) >= 11 is 12.3. The van der Waals surface area contributed by atoms with E-state index in [1.165, 1.54) is 0 Å². The molecule has 0 saturated heterocycles. The van der Waals surface area contributed by atoms with Gasteiger partial charge in [0.2, 0.25) is 0 Å². The van der Waals surface area contributed by atoms with Crippen molar-refractivity contribution in [1.29, 1.82) is 0 Å². The molecular formula is C16H13Cl2N3. The highest BCUT2D eigenvalue weighted by Crippen LogP contribution is 2.34. The van der Waals surface area contributed by atoms with E-state index in [4.69, 9.17) is 23.2 Å². The largest absolute Gasteiger partial charge is 0.345 e. The molecule has 0 unspecified atom stereocenters. The molecule has 2 aromatic heterocycles. The Kier molecular flexibility index (Phi) is 3.95. The van der Waals surface area contributed by atoms with Crippen LogP contribution in [0.25, 0.3) is 11.3 Å². The Morgan fingerprint density at radius 1 is 1.14 bits per heavy atom. The number of pyridine rings is 1. The van der Waals surface area contributed by atoms with Crippen molar-refractivity contribution in [3.63, 3.8) is 0 Å². The van der Waals surface area contributed by atoms with Gasteiger partial charge in [-0.3, -0.25) is 4.98 Å². The van der Waals surface area contributed by atoms with Crippen molar-refractivity contribution >= 4 is 23.2 Å². The molecule has 2 heterocycles. The third-order valence-corrected chi connectivity index (χ3v) is 4.05. The summed E-state index contributed by atoms with van der Waals surface area (Å²) in [5, 5.41) is 1.06. The van der Waals surface area contributed by atoms with Gasteiger partial charge in [-0.15, -0.1) is 0 Å². The molecule has 0 atom stereocenters. The third kappa shape index (κ3) is 2.94. The van der Waals surface area contributed by atoms with Crippen LogP contribution in [0, 0.1) is 6.92 Å². The molecule has 3 nitrogen and oxygen atoms in total. The average Bonchev–Trinajstić information content (AvgIpc) is 2.83. The Hall–Kier alpha value is -1.84. The number of halogens is 2. The third-order valence-electron chi connectivity index (χ3n) is 3.23. The number of aromatic amines is 1. The summed E-state index contributed by atoms with van der Waals surface area (Å²) in [7, 11) is 0. The number of benzene rings is 1. The average molecular weight is 318 g/mol. The molecule has 0 radical (unpaired) electrons. The van der Waals surface area contributed by atoms with E-state index >= 15 is 0 Å². The maximum absolute atomic E-state index is 6.27. The summed E-state index contributed by atoms with van der Waals surface area (Å²) in [6, 6.07) is 9.51. The first kappa shape index (κ1) is 14.1. The van der Waals surface area contributed by atoms with Gasteiger partial charge in [0.05, 0.1) is 15.7 Å². The normalized spacial score (nSPS) is 10.8. The predicted molar refractivity (Wildman–Crippen MR) is 85.8 cm³/mol. The van der Waals surface area contributed by atoms with Gasteiger partial charge in [-0.1, -0.05) is 41.4 Å². The molecule has 0 spiro atoms. The zero-order valence-electron chi connectivity index (χ0n) is 11.4. The SMILES string of the molecule is Cc1[nH]c(Cc2cccnc2)nc1-c1cccc(Cl)c1Cl. The molecule has 5 heteroatoms. The number of nitrogens with one attached hydrogen (secondary N) is 1. The minimum Gasteiger partial charge on any atom is -0.345 e. The second-order valence-corrected chi connectivity index (χ2v) is 5.58. The fourth-order valence-corrected chi connectivity index (χ4v) is 2.64. The molecule has 0 saturated carbocycles. The van der Waals surface area contributed by atoms with Crippen LogP contribution in [-0.2, 0) is 6.42 Å². The zero-order valence-corrected chi connectivity index (χ0v) is 12.9. The number of aromatic nitrogens is 3. The van der Waals surface area contributed by atoms with Gasteiger partial charge in [0.25, 0.3) is 0 Å². The van der Waals surface area contributed by atoms with E-state index in [-0.39, 0.29) is 0 Å². The molecule has 1 N–H and O–H groups in total. The lowest BCUT2D eigenvalue weighted by Crippen LogP contribution is -1.91. The zero-order chi connectivity index (χ0) is 14.8. The molecule has 3 aromatic rings. The van der Waals surface area contributed by atoms with Crippen LogP contribution in [0.3, 0.4) is 0 Å². The molecule has 21 heavy (non-hydrogen) atoms. The van der Waals surface area contributed by atoms with Gasteiger partial charge in [-0.25, -0.2) is 4.98 Å². The summed E-state index contributed by atoms with van der Waals surface area (Å²) in [6.07, 6.45) is 4.30. The molecule has 1 aromatic carbocycles. The molecule has 0 aliphatic rings. The van der Waals surface area contributed by atoms with Crippen LogP contribution in [0.15, 0.2) is 42.7 Å². The molecular weight excluding hydrogens is 305 g/mol. The second-order valence-electron chi connectivity index (χ2n) is 4.80. The lowest BCUT2D eigenvalue weighted by molar-refractivity contribution is 1.01. The Bertz CT molecular complexity index is 766. The monoisotopic (exact) mass is 317 g/mol. The van der Waals surface area contributed by atoms with Gasteiger partial charge in [-0.2, -0.15) is 0 Å². The van der Waals surface area contributed by atoms with Crippen LogP contribution in [0.4, 0.5) is 0 Å². The summed E-state index contributed by atoms with van der Waals surface area (Å²) < 4.78 is 0. The van der Waals surface area contributed by atoms with Crippen LogP contribution in [0.5, 0.6) is 0 Å². The summed E-state index contributed by atoms with van der Waals surface area (Å²) in [6.45, 7) is 1.98. The Morgan fingerprint density at radius 2 is 2.00 bits per heavy atom. The number of imidazole rings is 1. The maximum atomic E-state index is 6.27. The van der Waals surface area contributed by atoms with Gasteiger partial charge in [0.15, 0.2) is 0 Å². The van der Waals surface area contributed by atoms with Gasteiger partial charge in [-0.05, 0) is 24.6 Å². The fourth-order valence-electron chi connectivity index (χ4n) is 2.25. The van der Waals surface area contributed by atoms with Crippen molar-refractivity contribution in [3.8, 4) is 11.3 Å². The van der Waals surface area contributed by atoms with E-state index in [2.05, 4.69) is 15.0 Å². The standard InChI is InChI=1S/C16H13Cl2N3/c1-10-16(12-5-2-6-13(17)15(12)18)21-14(20-10)8-11-4-3-7-19-9-11/h2-7,9H,8H2,1H3,(H,20,21). The first-order valence-electron chi connectivity index (χ1n) is 6.54. The number of rotatable bonds is 3. The van der Waals surface area contributed by atoms with E-state index in [1.54, 1.807) is 12.3 Å². The fraction of sp³-hybridized carbons (Fsp3) is 0.125. The number of hydrogen-bond acceptors (Lipinski definition) is 2. The van der Waals surface area contributed by atoms with Gasteiger partial charge in [0, 0.05) is 30.1 Å². The van der Waals surface area contributed by atoms with Crippen LogP contribution in [0.2, 0.25) is 10.0 Å². The maximum Gasteiger partial charge on any atom is 0.111 e. The van der Waals surface area contributed by atoms with E-state index in [0.717, 1.165) is 28.3 Å². The van der Waals surface area contributed by atoms with Crippen LogP contribution >= 0.6 is 23.2 Å². The second kappa shape index (κ2) is 5.88. The lowest BCUT2D eigenvalue weighted by Gasteiger charge is -2.03. The van der Waals surface area contributed by atoms with Crippen molar-refractivity contribution < 1.29 is 0 Å². The highest BCUT2D eigenvalue weighted by Gasteiger charge is 2.14. The van der Waals surface area contributed by atoms with Gasteiger partial charge < -0.3 is 4.98 Å². The molecule has 0 aliphatic carbocycles. The minimum atomic E-state index is 0.529. The molecule has 0 fully saturated rings. The Balaban J connectivity index is 1.97. The van der Waals surface area contributed by atoms with E-state index < -0.39 is 0 Å². The number of hydrogen-bond donors (Lipinski definition) is 1. The molecule has 106 valence electrons. The highest BCUT2D eigenvalue weighted by atomic mass is 35.5. The first-order chi connectivity index (χ1) is 10.1. The first-order valence-corrected chi connectivity index (χ1v) is 7.29. The van der Waals surface area contributed by atoms with Crippen LogP contribution in [-0.4, -0.2) is 15.0 Å². The number of H-pyrrole nitrogens is 1. The topological polar surface area (TPSA) is 41.6 Å². The van der Waals surface area contributed by atoms with E-state index in [9.17, 15) is 0 Å². The van der Waals surface area contributed by atoms with Gasteiger partial charge >= 0.3 is 0 Å². The number of nitrogens with zero attached hydrogens (tertiary/aromatic N) is 2. The van der Waals surface area contributed by atoms with Crippen LogP contribution in [0.1, 0.15) is 17.1 Å². The summed E-state index contributed by atoms with van der Waals surface area (Å²) in [4.78, 5) is 12.1. The molecule has 0 amide bonds. The van der Waals surface area contributed by atoms with E-state index in [0.29, 0.717) is 16.5 Å². The van der Waals surface area contributed by atoms with Gasteiger partial charge in [0.1, 0.15) is 5.82 Å². The van der Waals surface area contributed by atoms with E-state index in [1.807, 2.05) is 37.4 Å². The van der Waals surface area contributed by atoms with Crippen molar-refractivity contribution in [2.24, 2.45) is 0 Å². The lowest BCUT2D eigenvalue weighted by atomic mass is 10.1. The summed E-state index contributed by atoms with van der Waals surface area (Å²) in [5.74, 6) is 0.881. The molecule has 3 rings (SSSR count). The van der Waals surface area contributed by atoms with Crippen molar-refractivity contribution in [3.05, 3.63) is 69.9 Å².